The summed E-state index contributed by atoms with van der Waals surface area (Å²) in [5.74, 6) is -0.316. The second-order valence-corrected chi connectivity index (χ2v) is 6.70. The van der Waals surface area contributed by atoms with E-state index in [0.29, 0.717) is 32.6 Å². The summed E-state index contributed by atoms with van der Waals surface area (Å²) in [6.45, 7) is 5.39. The van der Waals surface area contributed by atoms with Crippen molar-refractivity contribution in [3.8, 4) is 0 Å². The van der Waals surface area contributed by atoms with Gasteiger partial charge in [0.25, 0.3) is 5.91 Å². The minimum atomic E-state index is -3.41. The van der Waals surface area contributed by atoms with E-state index in [2.05, 4.69) is 5.32 Å². The molecule has 0 spiro atoms. The van der Waals surface area contributed by atoms with Crippen molar-refractivity contribution in [3.05, 3.63) is 29.8 Å². The molecule has 21 heavy (non-hydrogen) atoms. The summed E-state index contributed by atoms with van der Waals surface area (Å²) in [7, 11) is -3.41. The van der Waals surface area contributed by atoms with Crippen LogP contribution in [0.1, 0.15) is 37.0 Å². The number of hydrogen-bond donors (Lipinski definition) is 1. The number of benzene rings is 1. The molecular weight excluding hydrogens is 290 g/mol. The molecule has 0 bridgehead atoms. The van der Waals surface area contributed by atoms with Gasteiger partial charge in [-0.15, -0.1) is 0 Å². The van der Waals surface area contributed by atoms with Crippen LogP contribution in [0.5, 0.6) is 0 Å². The highest BCUT2D eigenvalue weighted by molar-refractivity contribution is 7.91. The molecule has 0 aromatic heterocycles. The van der Waals surface area contributed by atoms with E-state index in [1.807, 2.05) is 6.92 Å². The summed E-state index contributed by atoms with van der Waals surface area (Å²) >= 11 is 0. The quantitative estimate of drug-likeness (QED) is 0.708. The Balaban J connectivity index is 2.77. The normalized spacial score (nSPS) is 11.3. The first kappa shape index (κ1) is 17.7. The second-order valence-electron chi connectivity index (χ2n) is 4.62. The fourth-order valence-electron chi connectivity index (χ4n) is 1.92. The van der Waals surface area contributed by atoms with E-state index in [0.717, 1.165) is 0 Å². The lowest BCUT2D eigenvalue weighted by Crippen LogP contribution is -2.27. The van der Waals surface area contributed by atoms with Crippen molar-refractivity contribution in [2.75, 3.05) is 25.5 Å². The summed E-state index contributed by atoms with van der Waals surface area (Å²) in [4.78, 5) is 12.2. The van der Waals surface area contributed by atoms with Gasteiger partial charge in [0, 0.05) is 19.8 Å². The third kappa shape index (κ3) is 5.47. The largest absolute Gasteiger partial charge is 0.382 e. The Morgan fingerprint density at radius 2 is 1.95 bits per heavy atom. The molecule has 1 aromatic carbocycles. The maximum Gasteiger partial charge on any atom is 0.252 e. The molecule has 118 valence electrons. The van der Waals surface area contributed by atoms with Crippen LogP contribution in [0.3, 0.4) is 0 Å². The molecule has 0 saturated carbocycles. The molecule has 0 saturated heterocycles. The van der Waals surface area contributed by atoms with E-state index in [9.17, 15) is 13.2 Å². The lowest BCUT2D eigenvalue weighted by Gasteiger charge is -2.10. The molecule has 0 radical (unpaired) electrons. The molecule has 1 N–H and O–H groups in total. The van der Waals surface area contributed by atoms with Gasteiger partial charge < -0.3 is 10.1 Å². The fourth-order valence-corrected chi connectivity index (χ4v) is 3.46. The van der Waals surface area contributed by atoms with E-state index < -0.39 is 9.84 Å². The van der Waals surface area contributed by atoms with E-state index >= 15 is 0 Å². The molecule has 1 amide bonds. The Labute approximate surface area is 126 Å². The van der Waals surface area contributed by atoms with Crippen molar-refractivity contribution in [1.82, 2.24) is 5.32 Å². The number of carbonyl (C=O) groups is 1. The zero-order chi connectivity index (χ0) is 15.7. The number of nitrogens with one attached hydrogen (secondary N) is 1. The van der Waals surface area contributed by atoms with Crippen LogP contribution in [0.2, 0.25) is 0 Å². The van der Waals surface area contributed by atoms with Gasteiger partial charge in [-0.05, 0) is 31.9 Å². The van der Waals surface area contributed by atoms with Crippen molar-refractivity contribution in [2.45, 2.75) is 31.6 Å². The lowest BCUT2D eigenvalue weighted by molar-refractivity contribution is 0.0941. The van der Waals surface area contributed by atoms with Crippen molar-refractivity contribution < 1.29 is 17.9 Å². The zero-order valence-corrected chi connectivity index (χ0v) is 13.4. The average molecular weight is 313 g/mol. The first-order valence-corrected chi connectivity index (χ1v) is 8.85. The third-order valence-corrected chi connectivity index (χ3v) is 4.87. The molecule has 5 nitrogen and oxygen atoms in total. The predicted molar refractivity (Wildman–Crippen MR) is 82.2 cm³/mol. The summed E-state index contributed by atoms with van der Waals surface area (Å²) in [6, 6.07) is 6.33. The van der Waals surface area contributed by atoms with E-state index in [1.165, 1.54) is 6.07 Å². The average Bonchev–Trinajstić information content (AvgIpc) is 2.47. The summed E-state index contributed by atoms with van der Waals surface area (Å²) in [6.07, 6.45) is 1.22. The Bertz CT molecular complexity index is 555. The Hall–Kier alpha value is -1.40. The second kappa shape index (κ2) is 8.79. The van der Waals surface area contributed by atoms with Crippen LogP contribution in [0.25, 0.3) is 0 Å². The first-order valence-electron chi connectivity index (χ1n) is 7.20. The van der Waals surface area contributed by atoms with Gasteiger partial charge in [-0.1, -0.05) is 19.1 Å². The van der Waals surface area contributed by atoms with Crippen LogP contribution in [0, 0.1) is 0 Å². The molecule has 0 atom stereocenters. The minimum absolute atomic E-state index is 0.0433. The highest BCUT2D eigenvalue weighted by Gasteiger charge is 2.20. The standard InChI is InChI=1S/C15H23NO4S/c1-3-12-21(18,19)14-9-6-5-8-13(14)15(17)16-10-7-11-20-4-2/h5-6,8-9H,3-4,7,10-12H2,1-2H3,(H,16,17). The van der Waals surface area contributed by atoms with Crippen LogP contribution in [-0.2, 0) is 14.6 Å². The number of ether oxygens (including phenoxy) is 1. The number of amides is 1. The van der Waals surface area contributed by atoms with Crippen molar-refractivity contribution in [1.29, 1.82) is 0 Å². The molecule has 0 fully saturated rings. The number of sulfone groups is 1. The monoisotopic (exact) mass is 313 g/mol. The minimum Gasteiger partial charge on any atom is -0.382 e. The van der Waals surface area contributed by atoms with Crippen molar-refractivity contribution in [3.63, 3.8) is 0 Å². The van der Waals surface area contributed by atoms with Crippen molar-refractivity contribution in [2.24, 2.45) is 0 Å². The zero-order valence-electron chi connectivity index (χ0n) is 12.6. The van der Waals surface area contributed by atoms with Gasteiger partial charge in [0.1, 0.15) is 0 Å². The number of rotatable bonds is 9. The highest BCUT2D eigenvalue weighted by atomic mass is 32.2. The topological polar surface area (TPSA) is 72.5 Å². The molecule has 0 aliphatic rings. The van der Waals surface area contributed by atoms with Crippen LogP contribution in [-0.4, -0.2) is 39.8 Å². The SMILES string of the molecule is CCCS(=O)(=O)c1ccccc1C(=O)NCCCOCC. The van der Waals surface area contributed by atoms with Crippen LogP contribution < -0.4 is 5.32 Å². The molecule has 6 heteroatoms. The predicted octanol–water partition coefficient (Wildman–Crippen LogP) is 2.03. The summed E-state index contributed by atoms with van der Waals surface area (Å²) in [5.41, 5.74) is 0.211. The maximum atomic E-state index is 12.2. The van der Waals surface area contributed by atoms with Crippen LogP contribution in [0.4, 0.5) is 0 Å². The molecular formula is C15H23NO4S. The smallest absolute Gasteiger partial charge is 0.252 e. The first-order chi connectivity index (χ1) is 10.0. The van der Waals surface area contributed by atoms with E-state index in [1.54, 1.807) is 25.1 Å². The Morgan fingerprint density at radius 3 is 2.62 bits per heavy atom. The molecule has 0 aliphatic heterocycles. The van der Waals surface area contributed by atoms with Gasteiger partial charge in [-0.25, -0.2) is 8.42 Å². The summed E-state index contributed by atoms with van der Waals surface area (Å²) in [5, 5.41) is 2.73. The van der Waals surface area contributed by atoms with Gasteiger partial charge in [-0.2, -0.15) is 0 Å². The third-order valence-electron chi connectivity index (χ3n) is 2.89. The van der Waals surface area contributed by atoms with Gasteiger partial charge in [0.2, 0.25) is 0 Å². The van der Waals surface area contributed by atoms with Gasteiger partial charge in [-0.3, -0.25) is 4.79 Å². The van der Waals surface area contributed by atoms with Crippen LogP contribution in [0.15, 0.2) is 29.2 Å². The molecule has 1 aromatic rings. The highest BCUT2D eigenvalue weighted by Crippen LogP contribution is 2.17. The Kier molecular flexibility index (Phi) is 7.39. The van der Waals surface area contributed by atoms with E-state index in [-0.39, 0.29) is 22.1 Å². The lowest BCUT2D eigenvalue weighted by atomic mass is 10.2. The maximum absolute atomic E-state index is 12.2. The molecule has 0 unspecified atom stereocenters. The summed E-state index contributed by atoms with van der Waals surface area (Å²) < 4.78 is 29.5. The Morgan fingerprint density at radius 1 is 1.24 bits per heavy atom. The molecule has 0 aliphatic carbocycles. The molecule has 0 heterocycles. The fraction of sp³-hybridized carbons (Fsp3) is 0.533. The van der Waals surface area contributed by atoms with Gasteiger partial charge >= 0.3 is 0 Å². The van der Waals surface area contributed by atoms with Gasteiger partial charge in [0.05, 0.1) is 16.2 Å². The number of hydrogen-bond acceptors (Lipinski definition) is 4. The van der Waals surface area contributed by atoms with Gasteiger partial charge in [0.15, 0.2) is 9.84 Å². The van der Waals surface area contributed by atoms with Crippen molar-refractivity contribution >= 4 is 15.7 Å². The van der Waals surface area contributed by atoms with Crippen LogP contribution >= 0.6 is 0 Å². The van der Waals surface area contributed by atoms with E-state index in [4.69, 9.17) is 4.74 Å². The number of carbonyl (C=O) groups excluding carboxylic acids is 1. The molecule has 1 rings (SSSR count).